The number of nitriles is 1. The molecule has 0 saturated heterocycles. The number of terminal acetylenes is 1. The third-order valence-electron chi connectivity index (χ3n) is 10.3. The van der Waals surface area contributed by atoms with E-state index >= 15 is 0 Å². The third kappa shape index (κ3) is 13.2. The minimum absolute atomic E-state index is 0.00355. The van der Waals surface area contributed by atoms with E-state index in [4.69, 9.17) is 43.1 Å². The molecule has 5 amide bonds. The van der Waals surface area contributed by atoms with Crippen LogP contribution in [0.25, 0.3) is 11.1 Å². The van der Waals surface area contributed by atoms with Gasteiger partial charge in [-0.1, -0.05) is 26.0 Å². The fourth-order valence-electron chi connectivity index (χ4n) is 6.95. The molecule has 10 N–H and O–H groups in total. The van der Waals surface area contributed by atoms with Crippen molar-refractivity contribution in [1.82, 2.24) is 26.2 Å². The first-order valence-corrected chi connectivity index (χ1v) is 20.7. The Labute approximate surface area is 368 Å². The van der Waals surface area contributed by atoms with Crippen molar-refractivity contribution < 1.29 is 38.2 Å². The molecule has 1 aliphatic rings. The summed E-state index contributed by atoms with van der Waals surface area (Å²) < 4.78 is 18.1. The minimum atomic E-state index is -1.39. The van der Waals surface area contributed by atoms with Crippen molar-refractivity contribution in [2.75, 3.05) is 53.0 Å². The van der Waals surface area contributed by atoms with Crippen molar-refractivity contribution in [2.24, 2.45) is 22.6 Å². The van der Waals surface area contributed by atoms with Crippen LogP contribution in [0.4, 0.5) is 0 Å². The normalized spacial score (nSPS) is 16.7. The van der Waals surface area contributed by atoms with Crippen LogP contribution in [0.1, 0.15) is 66.7 Å². The van der Waals surface area contributed by atoms with Crippen LogP contribution in [0.15, 0.2) is 54.6 Å². The van der Waals surface area contributed by atoms with Gasteiger partial charge in [-0.25, -0.2) is 0 Å². The zero-order valence-corrected chi connectivity index (χ0v) is 36.5. The fourth-order valence-corrected chi connectivity index (χ4v) is 6.95. The van der Waals surface area contributed by atoms with Gasteiger partial charge in [-0.15, -0.1) is 12.3 Å². The second kappa shape index (κ2) is 23.0. The van der Waals surface area contributed by atoms with Crippen LogP contribution in [-0.2, 0) is 25.6 Å². The number of aryl methyl sites for hydroxylation is 1. The zero-order valence-electron chi connectivity index (χ0n) is 36.5. The molecule has 3 aromatic carbocycles. The van der Waals surface area contributed by atoms with E-state index in [0.717, 1.165) is 0 Å². The first-order valence-electron chi connectivity index (χ1n) is 20.7. The molecular weight excluding hydrogens is 807 g/mol. The van der Waals surface area contributed by atoms with E-state index in [2.05, 4.69) is 27.2 Å². The molecule has 0 fully saturated rings. The lowest BCUT2D eigenvalue weighted by Gasteiger charge is -2.32. The average molecular weight is 866 g/mol. The van der Waals surface area contributed by atoms with Crippen LogP contribution >= 0.6 is 0 Å². The average Bonchev–Trinajstić information content (AvgIpc) is 3.25. The summed E-state index contributed by atoms with van der Waals surface area (Å²) in [5, 5.41) is 19.9. The zero-order chi connectivity index (χ0) is 46.3. The summed E-state index contributed by atoms with van der Waals surface area (Å²) in [7, 11) is 1.42. The highest BCUT2D eigenvalue weighted by Crippen LogP contribution is 2.40. The molecule has 0 unspecified atom stereocenters. The van der Waals surface area contributed by atoms with E-state index in [1.807, 2.05) is 19.9 Å². The molecule has 4 rings (SSSR count). The van der Waals surface area contributed by atoms with Crippen LogP contribution in [-0.4, -0.2) is 106 Å². The molecule has 3 aromatic rings. The topological polar surface area (TPSA) is 266 Å². The molecule has 1 heterocycles. The van der Waals surface area contributed by atoms with Crippen LogP contribution in [0.3, 0.4) is 0 Å². The number of amides is 5. The summed E-state index contributed by atoms with van der Waals surface area (Å²) in [5.74, 6) is 0.716. The monoisotopic (exact) mass is 865 g/mol. The number of hydrogen-bond donors (Lipinski definition) is 7. The highest BCUT2D eigenvalue weighted by Gasteiger charge is 2.36. The van der Waals surface area contributed by atoms with Crippen molar-refractivity contribution in [3.63, 3.8) is 0 Å². The Kier molecular flexibility index (Phi) is 17.9. The van der Waals surface area contributed by atoms with Crippen LogP contribution in [0, 0.1) is 36.0 Å². The number of ether oxygens (including phenoxy) is 3. The van der Waals surface area contributed by atoms with Crippen LogP contribution in [0.2, 0.25) is 0 Å². The number of fused-ring (bicyclic) bond motifs is 5. The maximum absolute atomic E-state index is 14.6. The Morgan fingerprint density at radius 2 is 1.60 bits per heavy atom. The molecule has 63 heavy (non-hydrogen) atoms. The van der Waals surface area contributed by atoms with Gasteiger partial charge in [0.15, 0.2) is 0 Å². The van der Waals surface area contributed by atoms with Gasteiger partial charge in [-0.05, 0) is 86.0 Å². The molecule has 0 spiro atoms. The quantitative estimate of drug-likeness (QED) is 0.0711. The fraction of sp³-hybridized carbons (Fsp3) is 0.435. The molecule has 0 aromatic heterocycles. The first-order chi connectivity index (χ1) is 30.1. The van der Waals surface area contributed by atoms with Gasteiger partial charge in [-0.3, -0.25) is 24.0 Å². The summed E-state index contributed by atoms with van der Waals surface area (Å²) >= 11 is 0. The van der Waals surface area contributed by atoms with E-state index in [9.17, 15) is 24.0 Å². The number of likely N-dealkylation sites (N-methyl/N-ethyl adjacent to an activating group) is 1. The maximum atomic E-state index is 14.6. The largest absolute Gasteiger partial charge is 0.493 e. The van der Waals surface area contributed by atoms with Gasteiger partial charge in [0, 0.05) is 55.1 Å². The molecule has 0 aliphatic carbocycles. The molecule has 17 nitrogen and oxygen atoms in total. The van der Waals surface area contributed by atoms with Gasteiger partial charge in [-0.2, -0.15) is 5.26 Å². The lowest BCUT2D eigenvalue weighted by molar-refractivity contribution is -0.141. The van der Waals surface area contributed by atoms with Crippen molar-refractivity contribution in [3.8, 4) is 46.8 Å². The molecule has 0 radical (unpaired) electrons. The highest BCUT2D eigenvalue weighted by atomic mass is 16.5. The number of carbonyl (C=O) groups is 5. The van der Waals surface area contributed by atoms with Crippen molar-refractivity contribution in [3.05, 3.63) is 76.9 Å². The number of hydrogen-bond acceptors (Lipinski definition) is 12. The number of benzene rings is 3. The molecule has 0 saturated carbocycles. The Morgan fingerprint density at radius 1 is 0.937 bits per heavy atom. The highest BCUT2D eigenvalue weighted by molar-refractivity contribution is 6.00. The maximum Gasteiger partial charge on any atom is 0.252 e. The third-order valence-corrected chi connectivity index (χ3v) is 10.3. The molecule has 17 heteroatoms. The summed E-state index contributed by atoms with van der Waals surface area (Å²) in [5.41, 5.74) is 20.1. The molecular formula is C46H59N9O8. The van der Waals surface area contributed by atoms with Crippen molar-refractivity contribution in [1.29, 1.82) is 5.26 Å². The summed E-state index contributed by atoms with van der Waals surface area (Å²) in [6, 6.07) is 12.1. The van der Waals surface area contributed by atoms with E-state index in [-0.39, 0.29) is 57.6 Å². The second-order valence-corrected chi connectivity index (χ2v) is 16.0. The molecule has 336 valence electrons. The minimum Gasteiger partial charge on any atom is -0.493 e. The van der Waals surface area contributed by atoms with Gasteiger partial charge in [0.1, 0.15) is 61.2 Å². The standard InChI is InChI=1S/C46H59N9O8/c1-7-15-46(4,5)27-63-32-10-11-33(28(2)23-32)42(57)53-36(14-16-47)45(60)55(6)40-31-9-13-39(62-22-19-50)35(26-31)34-24-30(8-12-38(34)61-21-18-49)25-37(43(58)51-20-17-48)54-41(56)29(3)52-44(40)59/h1,8-13,23-24,26,29,36-37,40H,14-16,18-22,25,27,47,49-50H2,2-6H3,(H,51,58)(H,52,59)(H,53,57)(H,54,56)/t29-,36-,37-,40-/m0/s1. The lowest BCUT2D eigenvalue weighted by Crippen LogP contribution is -2.56. The summed E-state index contributed by atoms with van der Waals surface area (Å²) in [6.45, 7) is 7.93. The predicted molar refractivity (Wildman–Crippen MR) is 237 cm³/mol. The Hall–Kier alpha value is -6.66. The second-order valence-electron chi connectivity index (χ2n) is 16.0. The van der Waals surface area contributed by atoms with Crippen LogP contribution < -0.4 is 52.7 Å². The number of carbonyl (C=O) groups excluding carboxylic acids is 5. The smallest absolute Gasteiger partial charge is 0.252 e. The van der Waals surface area contributed by atoms with Gasteiger partial charge in [0.2, 0.25) is 23.6 Å². The molecule has 4 bridgehead atoms. The predicted octanol–water partition coefficient (Wildman–Crippen LogP) is 1.60. The Balaban J connectivity index is 1.80. The van der Waals surface area contributed by atoms with E-state index < -0.39 is 53.7 Å². The van der Waals surface area contributed by atoms with E-state index in [1.165, 1.54) is 18.9 Å². The Bertz CT molecular complexity index is 2220. The molecule has 4 atom stereocenters. The van der Waals surface area contributed by atoms with Gasteiger partial charge in [0.25, 0.3) is 5.91 Å². The molecule has 1 aliphatic heterocycles. The summed E-state index contributed by atoms with van der Waals surface area (Å²) in [4.78, 5) is 71.1. The number of nitrogens with zero attached hydrogens (tertiary/aromatic N) is 2. The number of nitrogens with two attached hydrogens (primary N) is 3. The number of nitrogens with one attached hydrogen (secondary N) is 4. The van der Waals surface area contributed by atoms with Crippen molar-refractivity contribution >= 4 is 29.5 Å². The SMILES string of the molecule is C#CCC(C)(C)COc1ccc(C(=O)N[C@@H](CCN)C(=O)N(C)[C@@H]2C(=O)N[C@@H](C)C(=O)N[C@H](C(=O)NCC#N)Cc3ccc(OCCN)c(c3)-c3cc2ccc3OCCN)c(C)c1. The van der Waals surface area contributed by atoms with E-state index in [0.29, 0.717) is 63.7 Å². The van der Waals surface area contributed by atoms with E-state index in [1.54, 1.807) is 61.5 Å². The van der Waals surface area contributed by atoms with Crippen molar-refractivity contribution in [2.45, 2.75) is 71.1 Å². The van der Waals surface area contributed by atoms with Crippen LogP contribution in [0.5, 0.6) is 17.2 Å². The van der Waals surface area contributed by atoms with Gasteiger partial charge < -0.3 is 57.6 Å². The van der Waals surface area contributed by atoms with Gasteiger partial charge in [0.05, 0.1) is 12.7 Å². The number of rotatable bonds is 18. The van der Waals surface area contributed by atoms with Gasteiger partial charge >= 0.3 is 0 Å². The first kappa shape index (κ1) is 49.0. The Morgan fingerprint density at radius 3 is 2.22 bits per heavy atom. The lowest BCUT2D eigenvalue weighted by atomic mass is 9.91. The summed E-state index contributed by atoms with van der Waals surface area (Å²) in [6.07, 6.45) is 6.05.